The summed E-state index contributed by atoms with van der Waals surface area (Å²) in [4.78, 5) is 11.6. The fraction of sp³-hybridized carbons (Fsp3) is 0.333. The molecule has 1 aromatic carbocycles. The quantitative estimate of drug-likeness (QED) is 0.916. The van der Waals surface area contributed by atoms with Crippen LogP contribution < -0.4 is 11.2 Å². The molecule has 0 spiro atoms. The molecule has 0 aliphatic heterocycles. The lowest BCUT2D eigenvalue weighted by Gasteiger charge is -2.12. The van der Waals surface area contributed by atoms with Gasteiger partial charge < -0.3 is 5.73 Å². The van der Waals surface area contributed by atoms with Crippen LogP contribution in [0.15, 0.2) is 35.1 Å². The van der Waals surface area contributed by atoms with Crippen LogP contribution in [0.1, 0.15) is 36.7 Å². The first-order valence-electron chi connectivity index (χ1n) is 6.43. The molecular formula is C15H19N3O. The first kappa shape index (κ1) is 13.5. The third-order valence-electron chi connectivity index (χ3n) is 3.18. The molecule has 0 saturated carbocycles. The molecule has 4 nitrogen and oxygen atoms in total. The highest BCUT2D eigenvalue weighted by atomic mass is 16.1. The van der Waals surface area contributed by atoms with Crippen LogP contribution in [0.4, 0.5) is 0 Å². The van der Waals surface area contributed by atoms with E-state index < -0.39 is 0 Å². The molecule has 2 N–H and O–H groups in total. The number of nitrogens with two attached hydrogens (primary N) is 1. The van der Waals surface area contributed by atoms with Crippen LogP contribution in [0.5, 0.6) is 0 Å². The lowest BCUT2D eigenvalue weighted by Crippen LogP contribution is -2.21. The fourth-order valence-electron chi connectivity index (χ4n) is 1.99. The third kappa shape index (κ3) is 2.74. The van der Waals surface area contributed by atoms with Crippen molar-refractivity contribution in [3.8, 4) is 5.69 Å². The van der Waals surface area contributed by atoms with E-state index >= 15 is 0 Å². The van der Waals surface area contributed by atoms with Gasteiger partial charge in [0.05, 0.1) is 5.69 Å². The SMILES string of the molecule is Cc1cc(=O)c(CN)nn1-c1ccc(C(C)C)cc1. The van der Waals surface area contributed by atoms with Crippen LogP contribution in [0.2, 0.25) is 0 Å². The van der Waals surface area contributed by atoms with Crippen molar-refractivity contribution >= 4 is 0 Å². The van der Waals surface area contributed by atoms with Gasteiger partial charge >= 0.3 is 0 Å². The Morgan fingerprint density at radius 1 is 1.26 bits per heavy atom. The predicted molar refractivity (Wildman–Crippen MR) is 76.6 cm³/mol. The molecule has 4 heteroatoms. The Bertz CT molecular complexity index is 627. The van der Waals surface area contributed by atoms with E-state index in [1.54, 1.807) is 10.7 Å². The average Bonchev–Trinajstić information content (AvgIpc) is 2.39. The van der Waals surface area contributed by atoms with E-state index in [1.165, 1.54) is 5.56 Å². The number of hydrogen-bond donors (Lipinski definition) is 1. The standard InChI is InChI=1S/C15H19N3O/c1-10(2)12-4-6-13(7-5-12)18-11(3)8-15(19)14(9-16)17-18/h4-8,10H,9,16H2,1-3H3. The molecule has 0 unspecified atom stereocenters. The van der Waals surface area contributed by atoms with Gasteiger partial charge in [0.1, 0.15) is 5.69 Å². The van der Waals surface area contributed by atoms with Crippen LogP contribution in [-0.4, -0.2) is 9.78 Å². The van der Waals surface area contributed by atoms with Gasteiger partial charge in [0.2, 0.25) is 5.43 Å². The molecule has 100 valence electrons. The fourth-order valence-corrected chi connectivity index (χ4v) is 1.99. The van der Waals surface area contributed by atoms with E-state index in [-0.39, 0.29) is 12.0 Å². The van der Waals surface area contributed by atoms with E-state index in [1.807, 2.05) is 19.1 Å². The minimum atomic E-state index is -0.102. The van der Waals surface area contributed by atoms with Crippen LogP contribution in [0.3, 0.4) is 0 Å². The number of aryl methyl sites for hydroxylation is 1. The summed E-state index contributed by atoms with van der Waals surface area (Å²) >= 11 is 0. The van der Waals surface area contributed by atoms with Crippen LogP contribution in [0, 0.1) is 6.92 Å². The highest BCUT2D eigenvalue weighted by molar-refractivity contribution is 5.36. The summed E-state index contributed by atoms with van der Waals surface area (Å²) < 4.78 is 1.76. The molecule has 0 amide bonds. The number of nitrogens with zero attached hydrogens (tertiary/aromatic N) is 2. The largest absolute Gasteiger partial charge is 0.325 e. The van der Waals surface area contributed by atoms with Gasteiger partial charge in [-0.05, 0) is 30.5 Å². The zero-order valence-electron chi connectivity index (χ0n) is 11.6. The van der Waals surface area contributed by atoms with Crippen molar-refractivity contribution in [2.45, 2.75) is 33.2 Å². The summed E-state index contributed by atoms with van der Waals surface area (Å²) in [5, 5.41) is 4.31. The Morgan fingerprint density at radius 2 is 1.89 bits per heavy atom. The zero-order chi connectivity index (χ0) is 14.0. The number of aromatic nitrogens is 2. The molecule has 2 rings (SSSR count). The molecule has 0 fully saturated rings. The molecule has 0 atom stereocenters. The summed E-state index contributed by atoms with van der Waals surface area (Å²) in [7, 11) is 0. The van der Waals surface area contributed by atoms with Gasteiger partial charge in [0, 0.05) is 18.3 Å². The second-order valence-corrected chi connectivity index (χ2v) is 4.96. The Hall–Kier alpha value is -1.94. The maximum atomic E-state index is 11.6. The van der Waals surface area contributed by atoms with Gasteiger partial charge in [0.15, 0.2) is 0 Å². The first-order chi connectivity index (χ1) is 9.02. The molecule has 0 radical (unpaired) electrons. The molecule has 0 bridgehead atoms. The maximum Gasteiger partial charge on any atom is 0.204 e. The summed E-state index contributed by atoms with van der Waals surface area (Å²) in [5.41, 5.74) is 8.85. The summed E-state index contributed by atoms with van der Waals surface area (Å²) in [6, 6.07) is 9.77. The van der Waals surface area contributed by atoms with Crippen molar-refractivity contribution in [1.82, 2.24) is 9.78 Å². The third-order valence-corrected chi connectivity index (χ3v) is 3.18. The average molecular weight is 257 g/mol. The minimum absolute atomic E-state index is 0.102. The summed E-state index contributed by atoms with van der Waals surface area (Å²) in [5.74, 6) is 0.497. The van der Waals surface area contributed by atoms with E-state index in [9.17, 15) is 4.79 Å². The topological polar surface area (TPSA) is 60.9 Å². The molecule has 1 aromatic heterocycles. The van der Waals surface area contributed by atoms with Crippen molar-refractivity contribution < 1.29 is 0 Å². The van der Waals surface area contributed by atoms with Crippen molar-refractivity contribution in [3.05, 3.63) is 57.5 Å². The number of rotatable bonds is 3. The summed E-state index contributed by atoms with van der Waals surface area (Å²) in [6.45, 7) is 6.34. The van der Waals surface area contributed by atoms with Crippen molar-refractivity contribution in [2.24, 2.45) is 5.73 Å². The maximum absolute atomic E-state index is 11.6. The molecule has 0 aliphatic carbocycles. The van der Waals surface area contributed by atoms with Gasteiger partial charge in [-0.1, -0.05) is 26.0 Å². The molecule has 2 aromatic rings. The van der Waals surface area contributed by atoms with Crippen molar-refractivity contribution in [2.75, 3.05) is 0 Å². The van der Waals surface area contributed by atoms with Crippen molar-refractivity contribution in [1.29, 1.82) is 0 Å². The zero-order valence-corrected chi connectivity index (χ0v) is 11.6. The van der Waals surface area contributed by atoms with Gasteiger partial charge in [-0.15, -0.1) is 0 Å². The smallest absolute Gasteiger partial charge is 0.204 e. The highest BCUT2D eigenvalue weighted by Gasteiger charge is 2.07. The van der Waals surface area contributed by atoms with Crippen molar-refractivity contribution in [3.63, 3.8) is 0 Å². The van der Waals surface area contributed by atoms with Crippen LogP contribution in [-0.2, 0) is 6.54 Å². The molecule has 0 aliphatic rings. The summed E-state index contributed by atoms with van der Waals surface area (Å²) in [6.07, 6.45) is 0. The van der Waals surface area contributed by atoms with Gasteiger partial charge in [-0.2, -0.15) is 5.10 Å². The van der Waals surface area contributed by atoms with E-state index in [2.05, 4.69) is 31.1 Å². The van der Waals surface area contributed by atoms with Gasteiger partial charge in [0.25, 0.3) is 0 Å². The second kappa shape index (κ2) is 5.36. The second-order valence-electron chi connectivity index (χ2n) is 4.96. The molecule has 1 heterocycles. The minimum Gasteiger partial charge on any atom is -0.325 e. The van der Waals surface area contributed by atoms with E-state index in [0.29, 0.717) is 11.6 Å². The Morgan fingerprint density at radius 3 is 2.42 bits per heavy atom. The monoisotopic (exact) mass is 257 g/mol. The van der Waals surface area contributed by atoms with Gasteiger partial charge in [-0.25, -0.2) is 4.68 Å². The Kier molecular flexibility index (Phi) is 3.81. The number of benzene rings is 1. The first-order valence-corrected chi connectivity index (χ1v) is 6.43. The van der Waals surface area contributed by atoms with E-state index in [0.717, 1.165) is 11.4 Å². The molecular weight excluding hydrogens is 238 g/mol. The number of hydrogen-bond acceptors (Lipinski definition) is 3. The molecule has 0 saturated heterocycles. The predicted octanol–water partition coefficient (Wildman–Crippen LogP) is 2.12. The lowest BCUT2D eigenvalue weighted by molar-refractivity contribution is 0.749. The van der Waals surface area contributed by atoms with E-state index in [4.69, 9.17) is 5.73 Å². The molecule has 19 heavy (non-hydrogen) atoms. The van der Waals surface area contributed by atoms with Crippen LogP contribution >= 0.6 is 0 Å². The lowest BCUT2D eigenvalue weighted by atomic mass is 10.0. The Balaban J connectivity index is 2.49. The highest BCUT2D eigenvalue weighted by Crippen LogP contribution is 2.17. The normalized spacial score (nSPS) is 11.0. The van der Waals surface area contributed by atoms with Gasteiger partial charge in [-0.3, -0.25) is 4.79 Å². The van der Waals surface area contributed by atoms with Crippen LogP contribution in [0.25, 0.3) is 5.69 Å². The Labute approximate surface area is 112 Å².